The minimum absolute atomic E-state index is 0.152. The summed E-state index contributed by atoms with van der Waals surface area (Å²) in [5.74, 6) is 0.374. The molecular weight excluding hydrogens is 302 g/mol. The summed E-state index contributed by atoms with van der Waals surface area (Å²) in [6.07, 6.45) is 1.62. The van der Waals surface area contributed by atoms with Crippen LogP contribution >= 0.6 is 11.6 Å². The highest BCUT2D eigenvalue weighted by Crippen LogP contribution is 2.20. The van der Waals surface area contributed by atoms with Crippen molar-refractivity contribution in [3.8, 4) is 5.88 Å². The number of benzene rings is 1. The molecule has 1 atom stereocenters. The monoisotopic (exact) mass is 319 g/mol. The zero-order chi connectivity index (χ0) is 16.1. The van der Waals surface area contributed by atoms with Crippen molar-refractivity contribution in [2.24, 2.45) is 0 Å². The highest BCUT2D eigenvalue weighted by molar-refractivity contribution is 6.31. The van der Waals surface area contributed by atoms with E-state index >= 15 is 0 Å². The van der Waals surface area contributed by atoms with Gasteiger partial charge in [-0.15, -0.1) is 0 Å². The molecule has 0 radical (unpaired) electrons. The lowest BCUT2D eigenvalue weighted by molar-refractivity contribution is -0.116. The lowest BCUT2D eigenvalue weighted by Gasteiger charge is -2.16. The lowest BCUT2D eigenvalue weighted by atomic mass is 10.2. The maximum Gasteiger partial charge on any atom is 0.246 e. The number of hydrogen-bond acceptors (Lipinski definition) is 4. The first kappa shape index (κ1) is 16.1. The Balaban J connectivity index is 2.00. The van der Waals surface area contributed by atoms with Gasteiger partial charge in [-0.1, -0.05) is 17.7 Å². The number of halogens is 1. The number of aromatic nitrogens is 1. The number of pyridine rings is 1. The van der Waals surface area contributed by atoms with Gasteiger partial charge in [-0.25, -0.2) is 4.98 Å². The minimum Gasteiger partial charge on any atom is -0.481 e. The van der Waals surface area contributed by atoms with Crippen LogP contribution in [0, 0.1) is 6.92 Å². The molecule has 1 unspecified atom stereocenters. The van der Waals surface area contributed by atoms with E-state index in [1.807, 2.05) is 13.0 Å². The van der Waals surface area contributed by atoms with Crippen LogP contribution in [0.25, 0.3) is 0 Å². The van der Waals surface area contributed by atoms with Gasteiger partial charge in [-0.05, 0) is 37.6 Å². The van der Waals surface area contributed by atoms with Crippen molar-refractivity contribution in [1.82, 2.24) is 4.98 Å². The number of rotatable bonds is 5. The Labute approximate surface area is 134 Å². The molecule has 116 valence electrons. The van der Waals surface area contributed by atoms with Crippen molar-refractivity contribution in [2.75, 3.05) is 17.7 Å². The smallest absolute Gasteiger partial charge is 0.246 e. The largest absolute Gasteiger partial charge is 0.481 e. The summed E-state index contributed by atoms with van der Waals surface area (Å²) in [6, 6.07) is 8.50. The summed E-state index contributed by atoms with van der Waals surface area (Å²) in [5.41, 5.74) is 2.40. The second kappa shape index (κ2) is 7.13. The van der Waals surface area contributed by atoms with Crippen molar-refractivity contribution in [2.45, 2.75) is 19.9 Å². The second-order valence-electron chi connectivity index (χ2n) is 4.90. The molecule has 5 nitrogen and oxygen atoms in total. The summed E-state index contributed by atoms with van der Waals surface area (Å²) in [4.78, 5) is 16.3. The highest BCUT2D eigenvalue weighted by Gasteiger charge is 2.14. The molecule has 1 amide bonds. The van der Waals surface area contributed by atoms with Crippen molar-refractivity contribution >= 4 is 28.9 Å². The molecule has 2 aromatic rings. The molecule has 6 heteroatoms. The van der Waals surface area contributed by atoms with Crippen LogP contribution in [0.5, 0.6) is 5.88 Å². The van der Waals surface area contributed by atoms with Crippen LogP contribution in [-0.4, -0.2) is 24.0 Å². The van der Waals surface area contributed by atoms with E-state index in [0.717, 1.165) is 11.3 Å². The normalized spacial score (nSPS) is 11.6. The number of nitrogens with one attached hydrogen (secondary N) is 2. The molecule has 0 fully saturated rings. The molecule has 1 aromatic carbocycles. The van der Waals surface area contributed by atoms with Gasteiger partial charge in [0.05, 0.1) is 19.0 Å². The molecule has 0 spiro atoms. The van der Waals surface area contributed by atoms with Crippen molar-refractivity contribution < 1.29 is 9.53 Å². The molecular formula is C16H18ClN3O2. The fourth-order valence-electron chi connectivity index (χ4n) is 1.87. The molecule has 22 heavy (non-hydrogen) atoms. The van der Waals surface area contributed by atoms with Crippen LogP contribution in [0.15, 0.2) is 36.5 Å². The number of hydrogen-bond donors (Lipinski definition) is 2. The van der Waals surface area contributed by atoms with E-state index in [1.54, 1.807) is 44.5 Å². The zero-order valence-electron chi connectivity index (χ0n) is 12.7. The summed E-state index contributed by atoms with van der Waals surface area (Å²) < 4.78 is 4.99. The molecule has 0 aliphatic rings. The topological polar surface area (TPSA) is 63.2 Å². The highest BCUT2D eigenvalue weighted by atomic mass is 35.5. The fourth-order valence-corrected chi connectivity index (χ4v) is 2.04. The predicted octanol–water partition coefficient (Wildman–Crippen LogP) is 3.49. The van der Waals surface area contributed by atoms with Gasteiger partial charge in [-0.2, -0.15) is 0 Å². The van der Waals surface area contributed by atoms with Crippen LogP contribution in [0.3, 0.4) is 0 Å². The maximum atomic E-state index is 12.2. The Morgan fingerprint density at radius 3 is 2.73 bits per heavy atom. The molecule has 0 aliphatic carbocycles. The number of amides is 1. The number of ether oxygens (including phenoxy) is 1. The van der Waals surface area contributed by atoms with Gasteiger partial charge in [0.2, 0.25) is 11.8 Å². The Morgan fingerprint density at radius 2 is 2.09 bits per heavy atom. The predicted molar refractivity (Wildman–Crippen MR) is 88.7 cm³/mol. The van der Waals surface area contributed by atoms with Gasteiger partial charge in [0.15, 0.2) is 0 Å². The molecule has 2 rings (SSSR count). The number of carbonyl (C=O) groups excluding carboxylic acids is 1. The SMILES string of the molecule is COc1ccc(NC(C)C(=O)Nc2cc(Cl)ccc2C)cn1. The fraction of sp³-hybridized carbons (Fsp3) is 0.250. The minimum atomic E-state index is -0.423. The summed E-state index contributed by atoms with van der Waals surface area (Å²) in [7, 11) is 1.55. The molecule has 0 saturated carbocycles. The lowest BCUT2D eigenvalue weighted by Crippen LogP contribution is -2.32. The van der Waals surface area contributed by atoms with Gasteiger partial charge in [0, 0.05) is 16.8 Å². The first-order valence-corrected chi connectivity index (χ1v) is 7.21. The Bertz CT molecular complexity index is 659. The molecule has 2 N–H and O–H groups in total. The molecule has 1 heterocycles. The summed E-state index contributed by atoms with van der Waals surface area (Å²) in [5, 5.41) is 6.53. The number of nitrogens with zero attached hydrogens (tertiary/aromatic N) is 1. The van der Waals surface area contributed by atoms with E-state index < -0.39 is 6.04 Å². The van der Waals surface area contributed by atoms with Crippen LogP contribution in [0.1, 0.15) is 12.5 Å². The van der Waals surface area contributed by atoms with Gasteiger partial charge >= 0.3 is 0 Å². The van der Waals surface area contributed by atoms with E-state index in [1.165, 1.54) is 0 Å². The van der Waals surface area contributed by atoms with Gasteiger partial charge in [0.25, 0.3) is 0 Å². The van der Waals surface area contributed by atoms with Crippen LogP contribution < -0.4 is 15.4 Å². The number of methoxy groups -OCH3 is 1. The summed E-state index contributed by atoms with van der Waals surface area (Å²) >= 11 is 5.95. The third kappa shape index (κ3) is 4.11. The van der Waals surface area contributed by atoms with Crippen LogP contribution in [0.4, 0.5) is 11.4 Å². The number of carbonyl (C=O) groups is 1. The van der Waals surface area contributed by atoms with E-state index in [-0.39, 0.29) is 5.91 Å². The molecule has 0 saturated heterocycles. The first-order valence-electron chi connectivity index (χ1n) is 6.83. The van der Waals surface area contributed by atoms with Crippen LogP contribution in [-0.2, 0) is 4.79 Å². The third-order valence-corrected chi connectivity index (χ3v) is 3.41. The first-order chi connectivity index (χ1) is 10.5. The van der Waals surface area contributed by atoms with Gasteiger partial charge in [-0.3, -0.25) is 4.79 Å². The Morgan fingerprint density at radius 1 is 1.32 bits per heavy atom. The molecule has 0 aliphatic heterocycles. The van der Waals surface area contributed by atoms with Gasteiger partial charge in [0.1, 0.15) is 6.04 Å². The van der Waals surface area contributed by atoms with Crippen molar-refractivity contribution in [3.63, 3.8) is 0 Å². The second-order valence-corrected chi connectivity index (χ2v) is 5.34. The average molecular weight is 320 g/mol. The van der Waals surface area contributed by atoms with Gasteiger partial charge < -0.3 is 15.4 Å². The third-order valence-electron chi connectivity index (χ3n) is 3.18. The summed E-state index contributed by atoms with van der Waals surface area (Å²) in [6.45, 7) is 3.69. The van der Waals surface area contributed by atoms with E-state index in [2.05, 4.69) is 15.6 Å². The Kier molecular flexibility index (Phi) is 5.22. The van der Waals surface area contributed by atoms with Crippen LogP contribution in [0.2, 0.25) is 5.02 Å². The molecule has 1 aromatic heterocycles. The quantitative estimate of drug-likeness (QED) is 0.885. The molecule has 0 bridgehead atoms. The average Bonchev–Trinajstić information content (AvgIpc) is 2.51. The number of anilines is 2. The zero-order valence-corrected chi connectivity index (χ0v) is 13.4. The standard InChI is InChI=1S/C16H18ClN3O2/c1-10-4-5-12(17)8-14(10)20-16(21)11(2)19-13-6-7-15(22-3)18-9-13/h4-9,11,19H,1-3H3,(H,20,21). The van der Waals surface area contributed by atoms with E-state index in [9.17, 15) is 4.79 Å². The van der Waals surface area contributed by atoms with Crippen molar-refractivity contribution in [3.05, 3.63) is 47.1 Å². The Hall–Kier alpha value is -2.27. The number of aryl methyl sites for hydroxylation is 1. The maximum absolute atomic E-state index is 12.2. The van der Waals surface area contributed by atoms with E-state index in [0.29, 0.717) is 16.6 Å². The van der Waals surface area contributed by atoms with Crippen molar-refractivity contribution in [1.29, 1.82) is 0 Å². The van der Waals surface area contributed by atoms with E-state index in [4.69, 9.17) is 16.3 Å².